The second-order valence-corrected chi connectivity index (χ2v) is 4.37. The number of halogens is 2. The van der Waals surface area contributed by atoms with Crippen molar-refractivity contribution in [1.29, 1.82) is 0 Å². The Morgan fingerprint density at radius 2 is 2.05 bits per heavy atom. The Hall–Kier alpha value is -2.11. The molecule has 1 heterocycles. The van der Waals surface area contributed by atoms with E-state index in [2.05, 4.69) is 22.1 Å². The molecule has 0 spiro atoms. The Morgan fingerprint density at radius 1 is 1.30 bits per heavy atom. The SMILES string of the molecule is CCCn1cc(CNc2ccc(OC(F)F)cc2)cn1. The summed E-state index contributed by atoms with van der Waals surface area (Å²) in [6.45, 7) is 0.847. The van der Waals surface area contributed by atoms with E-state index in [-0.39, 0.29) is 5.75 Å². The lowest BCUT2D eigenvalue weighted by molar-refractivity contribution is -0.0498. The van der Waals surface area contributed by atoms with Crippen molar-refractivity contribution in [3.05, 3.63) is 42.2 Å². The van der Waals surface area contributed by atoms with Crippen LogP contribution in [0.3, 0.4) is 0 Å². The first-order valence-electron chi connectivity index (χ1n) is 6.47. The van der Waals surface area contributed by atoms with Crippen LogP contribution < -0.4 is 10.1 Å². The Kier molecular flexibility index (Phi) is 4.92. The summed E-state index contributed by atoms with van der Waals surface area (Å²) in [4.78, 5) is 0. The maximum absolute atomic E-state index is 12.0. The molecule has 0 unspecified atom stereocenters. The average molecular weight is 281 g/mol. The van der Waals surface area contributed by atoms with E-state index in [9.17, 15) is 8.78 Å². The van der Waals surface area contributed by atoms with Crippen molar-refractivity contribution in [2.24, 2.45) is 0 Å². The molecule has 20 heavy (non-hydrogen) atoms. The lowest BCUT2D eigenvalue weighted by Gasteiger charge is -2.07. The molecule has 0 amide bonds. The van der Waals surface area contributed by atoms with Crippen LogP contribution in [0.2, 0.25) is 0 Å². The summed E-state index contributed by atoms with van der Waals surface area (Å²) in [5.41, 5.74) is 1.92. The van der Waals surface area contributed by atoms with E-state index in [1.807, 2.05) is 17.1 Å². The molecule has 1 aromatic heterocycles. The molecule has 4 nitrogen and oxygen atoms in total. The molecule has 0 aliphatic heterocycles. The van der Waals surface area contributed by atoms with Gasteiger partial charge in [-0.2, -0.15) is 13.9 Å². The highest BCUT2D eigenvalue weighted by atomic mass is 19.3. The number of rotatable bonds is 7. The van der Waals surface area contributed by atoms with E-state index < -0.39 is 6.61 Å². The molecule has 0 saturated carbocycles. The van der Waals surface area contributed by atoms with Crippen molar-refractivity contribution in [1.82, 2.24) is 9.78 Å². The van der Waals surface area contributed by atoms with E-state index in [1.54, 1.807) is 12.1 Å². The third kappa shape index (κ3) is 4.22. The normalized spacial score (nSPS) is 10.8. The molecule has 0 fully saturated rings. The van der Waals surface area contributed by atoms with Gasteiger partial charge in [0.05, 0.1) is 6.20 Å². The summed E-state index contributed by atoms with van der Waals surface area (Å²) in [5.74, 6) is 0.154. The Balaban J connectivity index is 1.86. The smallest absolute Gasteiger partial charge is 0.387 e. The van der Waals surface area contributed by atoms with Crippen LogP contribution in [0.4, 0.5) is 14.5 Å². The molecule has 2 rings (SSSR count). The zero-order valence-corrected chi connectivity index (χ0v) is 11.2. The molecule has 0 radical (unpaired) electrons. The van der Waals surface area contributed by atoms with Gasteiger partial charge in [-0.25, -0.2) is 0 Å². The number of hydrogen-bond donors (Lipinski definition) is 1. The summed E-state index contributed by atoms with van der Waals surface area (Å²) >= 11 is 0. The summed E-state index contributed by atoms with van der Waals surface area (Å²) < 4.78 is 30.2. The van der Waals surface area contributed by atoms with E-state index >= 15 is 0 Å². The third-order valence-electron chi connectivity index (χ3n) is 2.72. The quantitative estimate of drug-likeness (QED) is 0.844. The monoisotopic (exact) mass is 281 g/mol. The lowest BCUT2D eigenvalue weighted by Crippen LogP contribution is -2.02. The predicted octanol–water partition coefficient (Wildman–Crippen LogP) is 3.51. The fourth-order valence-corrected chi connectivity index (χ4v) is 1.81. The zero-order valence-electron chi connectivity index (χ0n) is 11.2. The maximum Gasteiger partial charge on any atom is 0.387 e. The molecule has 0 atom stereocenters. The topological polar surface area (TPSA) is 39.1 Å². The van der Waals surface area contributed by atoms with Gasteiger partial charge in [-0.1, -0.05) is 6.92 Å². The summed E-state index contributed by atoms with van der Waals surface area (Å²) in [6, 6.07) is 6.42. The number of hydrogen-bond acceptors (Lipinski definition) is 3. The van der Waals surface area contributed by atoms with Crippen LogP contribution in [-0.2, 0) is 13.1 Å². The van der Waals surface area contributed by atoms with E-state index in [1.165, 1.54) is 12.1 Å². The lowest BCUT2D eigenvalue weighted by atomic mass is 10.3. The van der Waals surface area contributed by atoms with Crippen LogP contribution in [-0.4, -0.2) is 16.4 Å². The summed E-state index contributed by atoms with van der Waals surface area (Å²) in [5, 5.41) is 7.44. The van der Waals surface area contributed by atoms with Crippen LogP contribution in [0.5, 0.6) is 5.75 Å². The van der Waals surface area contributed by atoms with Crippen molar-refractivity contribution >= 4 is 5.69 Å². The molecule has 0 aliphatic rings. The second-order valence-electron chi connectivity index (χ2n) is 4.37. The van der Waals surface area contributed by atoms with Gasteiger partial charge in [0.1, 0.15) is 5.75 Å². The van der Waals surface area contributed by atoms with Gasteiger partial charge in [-0.05, 0) is 30.7 Å². The molecule has 0 aliphatic carbocycles. The zero-order chi connectivity index (χ0) is 14.4. The summed E-state index contributed by atoms with van der Waals surface area (Å²) in [7, 11) is 0. The van der Waals surface area contributed by atoms with Crippen molar-refractivity contribution in [2.75, 3.05) is 5.32 Å². The predicted molar refractivity (Wildman–Crippen MR) is 72.9 cm³/mol. The molecule has 2 aromatic rings. The molecular formula is C14H17F2N3O. The van der Waals surface area contributed by atoms with Gasteiger partial charge in [0, 0.05) is 30.5 Å². The highest BCUT2D eigenvalue weighted by molar-refractivity contribution is 5.46. The number of benzene rings is 1. The van der Waals surface area contributed by atoms with Crippen molar-refractivity contribution in [2.45, 2.75) is 33.0 Å². The minimum atomic E-state index is -2.79. The van der Waals surface area contributed by atoms with Gasteiger partial charge >= 0.3 is 6.61 Å². The van der Waals surface area contributed by atoms with Crippen molar-refractivity contribution < 1.29 is 13.5 Å². The molecule has 108 valence electrons. The maximum atomic E-state index is 12.0. The minimum absolute atomic E-state index is 0.154. The van der Waals surface area contributed by atoms with Gasteiger partial charge in [0.2, 0.25) is 0 Å². The van der Waals surface area contributed by atoms with Gasteiger partial charge in [-0.3, -0.25) is 4.68 Å². The third-order valence-corrected chi connectivity index (χ3v) is 2.72. The first-order chi connectivity index (χ1) is 9.67. The van der Waals surface area contributed by atoms with Crippen LogP contribution in [0.15, 0.2) is 36.7 Å². The molecule has 0 saturated heterocycles. The molecule has 0 bridgehead atoms. The van der Waals surface area contributed by atoms with Gasteiger partial charge < -0.3 is 10.1 Å². The number of aromatic nitrogens is 2. The molecular weight excluding hydrogens is 264 g/mol. The Bertz CT molecular complexity index is 525. The van der Waals surface area contributed by atoms with E-state index in [4.69, 9.17) is 0 Å². The van der Waals surface area contributed by atoms with Gasteiger partial charge in [-0.15, -0.1) is 0 Å². The van der Waals surface area contributed by atoms with Gasteiger partial charge in [0.25, 0.3) is 0 Å². The van der Waals surface area contributed by atoms with Crippen LogP contribution in [0.1, 0.15) is 18.9 Å². The van der Waals surface area contributed by atoms with Crippen LogP contribution in [0, 0.1) is 0 Å². The number of nitrogens with one attached hydrogen (secondary N) is 1. The first-order valence-corrected chi connectivity index (χ1v) is 6.47. The largest absolute Gasteiger partial charge is 0.435 e. The van der Waals surface area contributed by atoms with E-state index in [0.29, 0.717) is 6.54 Å². The molecule has 1 aromatic carbocycles. The van der Waals surface area contributed by atoms with Crippen molar-refractivity contribution in [3.63, 3.8) is 0 Å². The summed E-state index contributed by atoms with van der Waals surface area (Å²) in [6.07, 6.45) is 4.85. The first kappa shape index (κ1) is 14.3. The number of ether oxygens (including phenoxy) is 1. The molecule has 1 N–H and O–H groups in total. The Morgan fingerprint density at radius 3 is 2.70 bits per heavy atom. The second kappa shape index (κ2) is 6.88. The minimum Gasteiger partial charge on any atom is -0.435 e. The fourth-order valence-electron chi connectivity index (χ4n) is 1.81. The highest BCUT2D eigenvalue weighted by Crippen LogP contribution is 2.18. The van der Waals surface area contributed by atoms with E-state index in [0.717, 1.165) is 24.2 Å². The van der Waals surface area contributed by atoms with Crippen LogP contribution >= 0.6 is 0 Å². The number of alkyl halides is 2. The average Bonchev–Trinajstić information content (AvgIpc) is 2.86. The number of aryl methyl sites for hydroxylation is 1. The van der Waals surface area contributed by atoms with Crippen molar-refractivity contribution in [3.8, 4) is 5.75 Å². The molecule has 6 heteroatoms. The number of nitrogens with zero attached hydrogens (tertiary/aromatic N) is 2. The number of anilines is 1. The van der Waals surface area contributed by atoms with Crippen LogP contribution in [0.25, 0.3) is 0 Å². The highest BCUT2D eigenvalue weighted by Gasteiger charge is 2.03. The standard InChI is InChI=1S/C14H17F2N3O/c1-2-7-19-10-11(9-18-19)8-17-12-3-5-13(6-4-12)20-14(15)16/h3-6,9-10,14,17H,2,7-8H2,1H3. The fraction of sp³-hybridized carbons (Fsp3) is 0.357. The van der Waals surface area contributed by atoms with Gasteiger partial charge in [0.15, 0.2) is 0 Å². The Labute approximate surface area is 116 Å².